The van der Waals surface area contributed by atoms with Gasteiger partial charge < -0.3 is 10.5 Å². The molecule has 0 bridgehead atoms. The summed E-state index contributed by atoms with van der Waals surface area (Å²) in [6.07, 6.45) is 4.66. The second-order valence-corrected chi connectivity index (χ2v) is 2.35. The van der Waals surface area contributed by atoms with Gasteiger partial charge in [0.15, 0.2) is 0 Å². The van der Waals surface area contributed by atoms with Crippen LogP contribution in [0.4, 0.5) is 0 Å². The molecule has 46 valence electrons. The molecule has 0 spiro atoms. The largest absolute Gasteiger partial charge is 0.494 e. The molecule has 2 heteroatoms. The molecule has 1 atom stereocenters. The second-order valence-electron chi connectivity index (χ2n) is 2.35. The highest BCUT2D eigenvalue weighted by atomic mass is 16.5. The highest BCUT2D eigenvalue weighted by Crippen LogP contribution is 2.20. The van der Waals surface area contributed by atoms with Crippen LogP contribution in [0.3, 0.4) is 0 Å². The molecule has 0 aromatic carbocycles. The van der Waals surface area contributed by atoms with Crippen molar-refractivity contribution in [1.82, 2.24) is 0 Å². The first-order chi connectivity index (χ1) is 3.77. The van der Waals surface area contributed by atoms with E-state index >= 15 is 0 Å². The van der Waals surface area contributed by atoms with Crippen LogP contribution >= 0.6 is 0 Å². The van der Waals surface area contributed by atoms with Gasteiger partial charge in [0.25, 0.3) is 0 Å². The second kappa shape index (κ2) is 1.78. The Morgan fingerprint density at radius 3 is 2.88 bits per heavy atom. The summed E-state index contributed by atoms with van der Waals surface area (Å²) in [5, 5.41) is 0. The van der Waals surface area contributed by atoms with E-state index < -0.39 is 0 Å². The Morgan fingerprint density at radius 2 is 2.62 bits per heavy atom. The van der Waals surface area contributed by atoms with Gasteiger partial charge in [-0.3, -0.25) is 0 Å². The Morgan fingerprint density at radius 1 is 1.88 bits per heavy atom. The predicted molar refractivity (Wildman–Crippen MR) is 32.3 cm³/mol. The number of ether oxygens (including phenoxy) is 1. The molecule has 0 aromatic rings. The standard InChI is InChI=1S/C6H11NO/c1-6(5-7)3-2-4-8-6/h2,4H,3,5,7H2,1H3/t6-/m0/s1. The molecule has 0 radical (unpaired) electrons. The molecule has 1 rings (SSSR count). The zero-order valence-corrected chi connectivity index (χ0v) is 5.05. The van der Waals surface area contributed by atoms with Gasteiger partial charge in [-0.25, -0.2) is 0 Å². The van der Waals surface area contributed by atoms with E-state index in [1.54, 1.807) is 6.26 Å². The molecular weight excluding hydrogens is 102 g/mol. The summed E-state index contributed by atoms with van der Waals surface area (Å²) in [4.78, 5) is 0. The van der Waals surface area contributed by atoms with Crippen molar-refractivity contribution in [1.29, 1.82) is 0 Å². The fraction of sp³-hybridized carbons (Fsp3) is 0.667. The molecule has 1 aliphatic rings. The molecule has 0 amide bonds. The lowest BCUT2D eigenvalue weighted by Crippen LogP contribution is -2.32. The van der Waals surface area contributed by atoms with Crippen LogP contribution in [-0.4, -0.2) is 12.1 Å². The Bertz CT molecular complexity index is 101. The van der Waals surface area contributed by atoms with E-state index in [4.69, 9.17) is 10.5 Å². The molecule has 1 aliphatic heterocycles. The minimum atomic E-state index is -0.0972. The molecule has 0 aliphatic carbocycles. The zero-order chi connectivity index (χ0) is 6.04. The Balaban J connectivity index is 2.46. The third-order valence-corrected chi connectivity index (χ3v) is 1.43. The van der Waals surface area contributed by atoms with Gasteiger partial charge in [-0.05, 0) is 13.0 Å². The van der Waals surface area contributed by atoms with Gasteiger partial charge in [-0.2, -0.15) is 0 Å². The molecule has 0 saturated carbocycles. The van der Waals surface area contributed by atoms with E-state index in [1.165, 1.54) is 0 Å². The fourth-order valence-electron chi connectivity index (χ4n) is 0.689. The summed E-state index contributed by atoms with van der Waals surface area (Å²) in [5.74, 6) is 0. The van der Waals surface area contributed by atoms with Crippen molar-refractivity contribution < 1.29 is 4.74 Å². The van der Waals surface area contributed by atoms with Gasteiger partial charge >= 0.3 is 0 Å². The number of nitrogens with two attached hydrogens (primary N) is 1. The van der Waals surface area contributed by atoms with Gasteiger partial charge in [-0.1, -0.05) is 0 Å². The maximum absolute atomic E-state index is 5.40. The smallest absolute Gasteiger partial charge is 0.121 e. The van der Waals surface area contributed by atoms with Gasteiger partial charge in [0.2, 0.25) is 0 Å². The summed E-state index contributed by atoms with van der Waals surface area (Å²) >= 11 is 0. The van der Waals surface area contributed by atoms with Crippen LogP contribution in [0.5, 0.6) is 0 Å². The maximum Gasteiger partial charge on any atom is 0.121 e. The first kappa shape index (κ1) is 5.63. The highest BCUT2D eigenvalue weighted by Gasteiger charge is 2.24. The lowest BCUT2D eigenvalue weighted by molar-refractivity contribution is 0.0722. The van der Waals surface area contributed by atoms with E-state index in [2.05, 4.69) is 0 Å². The monoisotopic (exact) mass is 113 g/mol. The lowest BCUT2D eigenvalue weighted by Gasteiger charge is -2.20. The quantitative estimate of drug-likeness (QED) is 0.541. The Labute approximate surface area is 49.3 Å². The average Bonchev–Trinajstić information content (AvgIpc) is 2.17. The van der Waals surface area contributed by atoms with Crippen LogP contribution in [-0.2, 0) is 4.74 Å². The first-order valence-electron chi connectivity index (χ1n) is 2.80. The average molecular weight is 113 g/mol. The van der Waals surface area contributed by atoms with Crippen molar-refractivity contribution in [3.8, 4) is 0 Å². The molecule has 1 heterocycles. The predicted octanol–water partition coefficient (Wildman–Crippen LogP) is 0.638. The zero-order valence-electron chi connectivity index (χ0n) is 5.05. The topological polar surface area (TPSA) is 35.2 Å². The first-order valence-corrected chi connectivity index (χ1v) is 2.80. The van der Waals surface area contributed by atoms with E-state index in [9.17, 15) is 0 Å². The van der Waals surface area contributed by atoms with Crippen LogP contribution in [0.2, 0.25) is 0 Å². The van der Waals surface area contributed by atoms with Gasteiger partial charge in [-0.15, -0.1) is 0 Å². The number of hydrogen-bond donors (Lipinski definition) is 1. The Kier molecular flexibility index (Phi) is 1.26. The van der Waals surface area contributed by atoms with Crippen LogP contribution in [0.15, 0.2) is 12.3 Å². The van der Waals surface area contributed by atoms with Crippen LogP contribution in [0.25, 0.3) is 0 Å². The molecule has 2 N–H and O–H groups in total. The summed E-state index contributed by atoms with van der Waals surface area (Å²) in [6, 6.07) is 0. The van der Waals surface area contributed by atoms with E-state index in [-0.39, 0.29) is 5.60 Å². The van der Waals surface area contributed by atoms with Crippen LogP contribution in [0.1, 0.15) is 13.3 Å². The van der Waals surface area contributed by atoms with Crippen molar-refractivity contribution in [3.63, 3.8) is 0 Å². The van der Waals surface area contributed by atoms with E-state index in [0.29, 0.717) is 6.54 Å². The van der Waals surface area contributed by atoms with Gasteiger partial charge in [0.1, 0.15) is 5.60 Å². The Hall–Kier alpha value is -0.500. The molecule has 0 aromatic heterocycles. The van der Waals surface area contributed by atoms with Crippen LogP contribution < -0.4 is 5.73 Å². The maximum atomic E-state index is 5.40. The normalized spacial score (nSPS) is 35.2. The van der Waals surface area contributed by atoms with Crippen molar-refractivity contribution in [2.75, 3.05) is 6.54 Å². The molecule has 0 saturated heterocycles. The molecule has 0 unspecified atom stereocenters. The van der Waals surface area contributed by atoms with Crippen LogP contribution in [0, 0.1) is 0 Å². The van der Waals surface area contributed by atoms with Gasteiger partial charge in [0.05, 0.1) is 6.26 Å². The van der Waals surface area contributed by atoms with Crippen molar-refractivity contribution >= 4 is 0 Å². The number of rotatable bonds is 1. The number of hydrogen-bond acceptors (Lipinski definition) is 2. The SMILES string of the molecule is C[C@@]1(CN)CC=CO1. The summed E-state index contributed by atoms with van der Waals surface area (Å²) in [5.41, 5.74) is 5.31. The summed E-state index contributed by atoms with van der Waals surface area (Å²) in [7, 11) is 0. The lowest BCUT2D eigenvalue weighted by atomic mass is 10.1. The minimum Gasteiger partial charge on any atom is -0.494 e. The molecule has 2 nitrogen and oxygen atoms in total. The summed E-state index contributed by atoms with van der Waals surface area (Å²) < 4.78 is 5.18. The van der Waals surface area contributed by atoms with Crippen molar-refractivity contribution in [2.45, 2.75) is 18.9 Å². The van der Waals surface area contributed by atoms with Crippen molar-refractivity contribution in [2.24, 2.45) is 5.73 Å². The van der Waals surface area contributed by atoms with E-state index in [1.807, 2.05) is 13.0 Å². The summed E-state index contributed by atoms with van der Waals surface area (Å²) in [6.45, 7) is 2.60. The molecule has 8 heavy (non-hydrogen) atoms. The van der Waals surface area contributed by atoms with Crippen molar-refractivity contribution in [3.05, 3.63) is 12.3 Å². The van der Waals surface area contributed by atoms with Gasteiger partial charge in [0, 0.05) is 13.0 Å². The fourth-order valence-corrected chi connectivity index (χ4v) is 0.689. The third-order valence-electron chi connectivity index (χ3n) is 1.43. The molecule has 0 fully saturated rings. The molecular formula is C6H11NO. The minimum absolute atomic E-state index is 0.0972. The van der Waals surface area contributed by atoms with E-state index in [0.717, 1.165) is 6.42 Å². The highest BCUT2D eigenvalue weighted by molar-refractivity contribution is 4.95. The third kappa shape index (κ3) is 0.842.